The Balaban J connectivity index is 1.72. The number of hydrogen-bond donors (Lipinski definition) is 0. The number of Topliss-reactive ketones (excluding diaryl/α,β-unsaturated/α-hetero) is 1. The lowest BCUT2D eigenvalue weighted by Gasteiger charge is -2.33. The quantitative estimate of drug-likeness (QED) is 0.691. The van der Waals surface area contributed by atoms with Crippen LogP contribution >= 0.6 is 0 Å². The Kier molecular flexibility index (Phi) is 6.62. The lowest BCUT2D eigenvalue weighted by molar-refractivity contribution is 0.0699. The van der Waals surface area contributed by atoms with Crippen molar-refractivity contribution in [2.75, 3.05) is 33.7 Å². The second-order valence-corrected chi connectivity index (χ2v) is 7.83. The molecule has 0 N–H and O–H groups in total. The maximum absolute atomic E-state index is 13.1. The second kappa shape index (κ2) is 9.15. The molecular formula is C22H30N4O2. The molecule has 6 heteroatoms. The van der Waals surface area contributed by atoms with Gasteiger partial charge in [-0.05, 0) is 52.9 Å². The van der Waals surface area contributed by atoms with Crippen molar-refractivity contribution in [3.63, 3.8) is 0 Å². The average Bonchev–Trinajstić information content (AvgIpc) is 3.15. The summed E-state index contributed by atoms with van der Waals surface area (Å²) in [5.41, 5.74) is 1.00. The zero-order valence-corrected chi connectivity index (χ0v) is 17.1. The minimum Gasteiger partial charge on any atom is -0.338 e. The van der Waals surface area contributed by atoms with Crippen molar-refractivity contribution in [1.82, 2.24) is 19.4 Å². The Hall–Kier alpha value is -2.47. The Labute approximate surface area is 167 Å². The first-order chi connectivity index (χ1) is 13.5. The molecule has 0 saturated carbocycles. The van der Waals surface area contributed by atoms with E-state index >= 15 is 0 Å². The van der Waals surface area contributed by atoms with Crippen molar-refractivity contribution in [1.29, 1.82) is 0 Å². The highest BCUT2D eigenvalue weighted by Gasteiger charge is 2.29. The van der Waals surface area contributed by atoms with Gasteiger partial charge >= 0.3 is 0 Å². The molecule has 0 spiro atoms. The number of amides is 1. The van der Waals surface area contributed by atoms with Crippen molar-refractivity contribution < 1.29 is 9.59 Å². The van der Waals surface area contributed by atoms with E-state index < -0.39 is 0 Å². The minimum absolute atomic E-state index is 0.0544. The highest BCUT2D eigenvalue weighted by molar-refractivity contribution is 6.07. The fourth-order valence-corrected chi connectivity index (χ4v) is 3.95. The molecule has 0 bridgehead atoms. The first kappa shape index (κ1) is 20.3. The van der Waals surface area contributed by atoms with E-state index in [2.05, 4.69) is 28.5 Å². The molecule has 0 aliphatic carbocycles. The van der Waals surface area contributed by atoms with E-state index in [1.807, 2.05) is 23.4 Å². The molecule has 3 rings (SSSR count). The van der Waals surface area contributed by atoms with Crippen LogP contribution in [0.3, 0.4) is 0 Å². The van der Waals surface area contributed by atoms with Gasteiger partial charge in [0.1, 0.15) is 5.82 Å². The second-order valence-electron chi connectivity index (χ2n) is 7.83. The molecule has 1 aliphatic rings. The molecule has 1 amide bonds. The molecule has 1 aromatic carbocycles. The fraction of sp³-hybridized carbons (Fsp3) is 0.500. The summed E-state index contributed by atoms with van der Waals surface area (Å²) in [7, 11) is 4.16. The van der Waals surface area contributed by atoms with Gasteiger partial charge in [-0.15, -0.1) is 0 Å². The van der Waals surface area contributed by atoms with Gasteiger partial charge in [-0.1, -0.05) is 18.2 Å². The van der Waals surface area contributed by atoms with Gasteiger partial charge in [0, 0.05) is 43.5 Å². The third-order valence-electron chi connectivity index (χ3n) is 5.36. The molecule has 0 unspecified atom stereocenters. The van der Waals surface area contributed by atoms with Crippen molar-refractivity contribution in [3.8, 4) is 0 Å². The van der Waals surface area contributed by atoms with Crippen molar-refractivity contribution in [2.24, 2.45) is 0 Å². The molecule has 1 atom stereocenters. The molecule has 2 heterocycles. The van der Waals surface area contributed by atoms with Crippen molar-refractivity contribution >= 4 is 11.7 Å². The third kappa shape index (κ3) is 4.68. The van der Waals surface area contributed by atoms with Crippen LogP contribution in [0.2, 0.25) is 0 Å². The molecular weight excluding hydrogens is 352 g/mol. The van der Waals surface area contributed by atoms with E-state index in [9.17, 15) is 9.59 Å². The topological polar surface area (TPSA) is 58.4 Å². The van der Waals surface area contributed by atoms with Crippen LogP contribution in [-0.4, -0.2) is 64.8 Å². The van der Waals surface area contributed by atoms with E-state index in [-0.39, 0.29) is 17.6 Å². The maximum Gasteiger partial charge on any atom is 0.254 e. The molecule has 2 aromatic rings. The molecule has 1 aromatic heterocycles. The summed E-state index contributed by atoms with van der Waals surface area (Å²) in [5, 5.41) is 0. The first-order valence-electron chi connectivity index (χ1n) is 10.0. The van der Waals surface area contributed by atoms with Gasteiger partial charge in [-0.2, -0.15) is 0 Å². The zero-order valence-electron chi connectivity index (χ0n) is 17.1. The van der Waals surface area contributed by atoms with E-state index in [0.717, 1.165) is 44.7 Å². The number of imidazole rings is 1. The van der Waals surface area contributed by atoms with Crippen LogP contribution in [0.5, 0.6) is 0 Å². The number of ketones is 1. The highest BCUT2D eigenvalue weighted by Crippen LogP contribution is 2.27. The minimum atomic E-state index is -0.0751. The largest absolute Gasteiger partial charge is 0.338 e. The number of aryl methyl sites for hydroxylation is 1. The van der Waals surface area contributed by atoms with Crippen LogP contribution in [0.1, 0.15) is 58.6 Å². The molecule has 6 nitrogen and oxygen atoms in total. The van der Waals surface area contributed by atoms with Gasteiger partial charge in [0.2, 0.25) is 0 Å². The summed E-state index contributed by atoms with van der Waals surface area (Å²) >= 11 is 0. The van der Waals surface area contributed by atoms with E-state index in [1.54, 1.807) is 18.2 Å². The number of nitrogens with zero attached hydrogens (tertiary/aromatic N) is 4. The monoisotopic (exact) mass is 382 g/mol. The molecule has 150 valence electrons. The maximum atomic E-state index is 13.1. The lowest BCUT2D eigenvalue weighted by atomic mass is 9.95. The van der Waals surface area contributed by atoms with Crippen LogP contribution < -0.4 is 0 Å². The van der Waals surface area contributed by atoms with Crippen LogP contribution in [0.4, 0.5) is 0 Å². The predicted octanol–water partition coefficient (Wildman–Crippen LogP) is 3.06. The van der Waals surface area contributed by atoms with Gasteiger partial charge < -0.3 is 14.4 Å². The van der Waals surface area contributed by atoms with Gasteiger partial charge in [-0.25, -0.2) is 4.98 Å². The number of rotatable bonds is 7. The zero-order chi connectivity index (χ0) is 20.1. The standard InChI is InChI=1S/C22H30N4O2/c1-17(27)19-9-4-5-10-20(19)22(28)26-13-6-8-18(16-26)21-23-11-15-25(21)14-7-12-24(2)3/h4-5,9-11,15,18H,6-8,12-14,16H2,1-3H3/t18-/m0/s1. The molecule has 1 saturated heterocycles. The van der Waals surface area contributed by atoms with Gasteiger partial charge in [0.05, 0.1) is 5.56 Å². The summed E-state index contributed by atoms with van der Waals surface area (Å²) in [5.74, 6) is 1.17. The van der Waals surface area contributed by atoms with E-state index in [1.165, 1.54) is 6.92 Å². The normalized spacial score (nSPS) is 17.1. The summed E-state index contributed by atoms with van der Waals surface area (Å²) < 4.78 is 2.23. The van der Waals surface area contributed by atoms with Crippen LogP contribution in [0.25, 0.3) is 0 Å². The van der Waals surface area contributed by atoms with E-state index in [0.29, 0.717) is 17.7 Å². The van der Waals surface area contributed by atoms with Crippen molar-refractivity contribution in [2.45, 2.75) is 38.6 Å². The number of hydrogen-bond acceptors (Lipinski definition) is 4. The van der Waals surface area contributed by atoms with Crippen LogP contribution in [0.15, 0.2) is 36.7 Å². The fourth-order valence-electron chi connectivity index (χ4n) is 3.95. The Bertz CT molecular complexity index is 827. The van der Waals surface area contributed by atoms with E-state index in [4.69, 9.17) is 0 Å². The molecule has 1 fully saturated rings. The Morgan fingerprint density at radius 2 is 1.96 bits per heavy atom. The smallest absolute Gasteiger partial charge is 0.254 e. The SMILES string of the molecule is CC(=O)c1ccccc1C(=O)N1CCC[C@H](c2nccn2CCCN(C)C)C1. The summed E-state index contributed by atoms with van der Waals surface area (Å²) in [6, 6.07) is 7.11. The Morgan fingerprint density at radius 3 is 2.68 bits per heavy atom. The molecule has 0 radical (unpaired) electrons. The van der Waals surface area contributed by atoms with Crippen LogP contribution in [-0.2, 0) is 6.54 Å². The number of aromatic nitrogens is 2. The first-order valence-corrected chi connectivity index (χ1v) is 10.0. The molecule has 1 aliphatic heterocycles. The summed E-state index contributed by atoms with van der Waals surface area (Å²) in [4.78, 5) is 33.7. The summed E-state index contributed by atoms with van der Waals surface area (Å²) in [6.07, 6.45) is 6.94. The highest BCUT2D eigenvalue weighted by atomic mass is 16.2. The average molecular weight is 383 g/mol. The number of likely N-dealkylation sites (tertiary alicyclic amines) is 1. The third-order valence-corrected chi connectivity index (χ3v) is 5.36. The van der Waals surface area contributed by atoms with Gasteiger partial charge in [0.15, 0.2) is 5.78 Å². The van der Waals surface area contributed by atoms with Gasteiger partial charge in [-0.3, -0.25) is 9.59 Å². The number of benzene rings is 1. The van der Waals surface area contributed by atoms with Crippen LogP contribution in [0, 0.1) is 0 Å². The lowest BCUT2D eigenvalue weighted by Crippen LogP contribution is -2.40. The number of piperidine rings is 1. The van der Waals surface area contributed by atoms with Gasteiger partial charge in [0.25, 0.3) is 5.91 Å². The van der Waals surface area contributed by atoms with Crippen molar-refractivity contribution in [3.05, 3.63) is 53.6 Å². The molecule has 28 heavy (non-hydrogen) atoms. The summed E-state index contributed by atoms with van der Waals surface area (Å²) in [6.45, 7) is 4.86. The Morgan fingerprint density at radius 1 is 1.21 bits per heavy atom. The number of carbonyl (C=O) groups excluding carboxylic acids is 2. The number of carbonyl (C=O) groups is 2. The predicted molar refractivity (Wildman–Crippen MR) is 110 cm³/mol.